The summed E-state index contributed by atoms with van der Waals surface area (Å²) in [5.74, 6) is 2.33. The first-order valence-electron chi connectivity index (χ1n) is 3.39. The fourth-order valence-electron chi connectivity index (χ4n) is 0.925. The zero-order chi connectivity index (χ0) is 9.14. The number of nitrogens with zero attached hydrogens (tertiary/aromatic N) is 1. The van der Waals surface area contributed by atoms with E-state index in [2.05, 4.69) is 10.9 Å². The van der Waals surface area contributed by atoms with Crippen LogP contribution in [0.1, 0.15) is 5.69 Å². The molecule has 0 aromatic carbocycles. The second kappa shape index (κ2) is 3.09. The maximum atomic E-state index is 11.1. The highest BCUT2D eigenvalue weighted by atomic mass is 16.2. The lowest BCUT2D eigenvalue weighted by molar-refractivity contribution is 0.720. The van der Waals surface area contributed by atoms with Crippen LogP contribution in [-0.4, -0.2) is 9.55 Å². The fourth-order valence-corrected chi connectivity index (χ4v) is 0.925. The van der Waals surface area contributed by atoms with Gasteiger partial charge in [-0.05, 0) is 6.92 Å². The van der Waals surface area contributed by atoms with Gasteiger partial charge in [0.25, 0.3) is 5.56 Å². The molecular weight excluding hydrogens is 156 g/mol. The first-order chi connectivity index (χ1) is 5.65. The molecule has 0 amide bonds. The molecule has 0 spiro atoms. The average Bonchev–Trinajstić information content (AvgIpc) is 1.96. The molecule has 12 heavy (non-hydrogen) atoms. The fraction of sp³-hybridized carbons (Fsp3) is 0.250. The highest BCUT2D eigenvalue weighted by Gasteiger charge is 1.98. The molecule has 0 saturated heterocycles. The molecule has 62 valence electrons. The number of hydrogen-bond donors (Lipinski definition) is 1. The Kier molecular flexibility index (Phi) is 2.15. The minimum Gasteiger partial charge on any atom is -0.286 e. The van der Waals surface area contributed by atoms with Gasteiger partial charge in [0.15, 0.2) is 0 Å². The quantitative estimate of drug-likeness (QED) is 0.568. The summed E-state index contributed by atoms with van der Waals surface area (Å²) in [5, 5.41) is 0. The number of rotatable bonds is 1. The molecule has 0 aliphatic rings. The van der Waals surface area contributed by atoms with E-state index in [-0.39, 0.29) is 6.54 Å². The van der Waals surface area contributed by atoms with Crippen molar-refractivity contribution >= 4 is 0 Å². The normalized spacial score (nSPS) is 9.33. The van der Waals surface area contributed by atoms with Crippen LogP contribution in [0.4, 0.5) is 0 Å². The van der Waals surface area contributed by atoms with Crippen molar-refractivity contribution in [3.05, 3.63) is 32.6 Å². The number of aromatic nitrogens is 2. The van der Waals surface area contributed by atoms with Gasteiger partial charge in [-0.25, -0.2) is 4.79 Å². The third-order valence-corrected chi connectivity index (χ3v) is 1.49. The molecule has 0 aliphatic heterocycles. The first-order valence-corrected chi connectivity index (χ1v) is 3.39. The Morgan fingerprint density at radius 1 is 1.67 bits per heavy atom. The van der Waals surface area contributed by atoms with Gasteiger partial charge in [0, 0.05) is 11.8 Å². The Hall–Kier alpha value is -1.76. The Bertz CT molecular complexity index is 434. The molecule has 1 aromatic heterocycles. The molecule has 0 aliphatic carbocycles. The second-order valence-corrected chi connectivity index (χ2v) is 2.37. The van der Waals surface area contributed by atoms with E-state index in [0.29, 0.717) is 5.69 Å². The average molecular weight is 164 g/mol. The second-order valence-electron chi connectivity index (χ2n) is 2.37. The molecule has 0 fully saturated rings. The summed E-state index contributed by atoms with van der Waals surface area (Å²) >= 11 is 0. The van der Waals surface area contributed by atoms with Crippen LogP contribution >= 0.6 is 0 Å². The van der Waals surface area contributed by atoms with Gasteiger partial charge >= 0.3 is 5.69 Å². The Balaban J connectivity index is 3.41. The van der Waals surface area contributed by atoms with Gasteiger partial charge in [-0.1, -0.05) is 5.92 Å². The van der Waals surface area contributed by atoms with Gasteiger partial charge in [-0.3, -0.25) is 14.3 Å². The highest BCUT2D eigenvalue weighted by Crippen LogP contribution is 1.86. The summed E-state index contributed by atoms with van der Waals surface area (Å²) in [6.45, 7) is 1.84. The van der Waals surface area contributed by atoms with Gasteiger partial charge in [0.2, 0.25) is 0 Å². The molecule has 0 radical (unpaired) electrons. The predicted molar refractivity (Wildman–Crippen MR) is 44.9 cm³/mol. The van der Waals surface area contributed by atoms with E-state index in [4.69, 9.17) is 6.42 Å². The zero-order valence-corrected chi connectivity index (χ0v) is 6.63. The van der Waals surface area contributed by atoms with Crippen LogP contribution in [0.3, 0.4) is 0 Å². The number of nitrogens with one attached hydrogen (secondary N) is 1. The molecule has 1 heterocycles. The molecule has 0 saturated carbocycles. The van der Waals surface area contributed by atoms with E-state index in [1.165, 1.54) is 10.6 Å². The molecule has 1 N–H and O–H groups in total. The summed E-state index contributed by atoms with van der Waals surface area (Å²) < 4.78 is 1.32. The summed E-state index contributed by atoms with van der Waals surface area (Å²) in [6, 6.07) is 1.33. The van der Waals surface area contributed by atoms with E-state index in [9.17, 15) is 9.59 Å². The van der Waals surface area contributed by atoms with Crippen molar-refractivity contribution in [3.8, 4) is 12.3 Å². The minimum absolute atomic E-state index is 0.182. The molecule has 1 rings (SSSR count). The smallest absolute Gasteiger partial charge is 0.286 e. The van der Waals surface area contributed by atoms with Crippen molar-refractivity contribution in [1.29, 1.82) is 0 Å². The van der Waals surface area contributed by atoms with E-state index in [1.54, 1.807) is 6.92 Å². The minimum atomic E-state index is -0.460. The third-order valence-electron chi connectivity index (χ3n) is 1.49. The van der Waals surface area contributed by atoms with Crippen LogP contribution in [0, 0.1) is 19.3 Å². The van der Waals surface area contributed by atoms with Crippen LogP contribution in [0.25, 0.3) is 0 Å². The molecule has 0 bridgehead atoms. The Morgan fingerprint density at radius 2 is 2.33 bits per heavy atom. The van der Waals surface area contributed by atoms with Crippen molar-refractivity contribution in [2.75, 3.05) is 0 Å². The number of H-pyrrole nitrogens is 1. The lowest BCUT2D eigenvalue weighted by Crippen LogP contribution is -2.30. The SMILES string of the molecule is C#CCn1c(C)cc(=O)[nH]c1=O. The van der Waals surface area contributed by atoms with Gasteiger partial charge in [-0.2, -0.15) is 0 Å². The van der Waals surface area contributed by atoms with Crippen LogP contribution in [0.15, 0.2) is 15.7 Å². The standard InChI is InChI=1S/C8H8N2O2/c1-3-4-10-6(2)5-7(11)9-8(10)12/h1,5H,4H2,2H3,(H,9,11,12). The lowest BCUT2D eigenvalue weighted by Gasteiger charge is -2.02. The number of hydrogen-bond acceptors (Lipinski definition) is 2. The van der Waals surface area contributed by atoms with Crippen molar-refractivity contribution in [3.63, 3.8) is 0 Å². The maximum absolute atomic E-state index is 11.1. The number of aryl methyl sites for hydroxylation is 1. The molecule has 0 unspecified atom stereocenters. The van der Waals surface area contributed by atoms with Crippen molar-refractivity contribution < 1.29 is 0 Å². The molecular formula is C8H8N2O2. The van der Waals surface area contributed by atoms with Crippen LogP contribution in [-0.2, 0) is 6.54 Å². The molecule has 1 aromatic rings. The first kappa shape index (κ1) is 8.34. The summed E-state index contributed by atoms with van der Waals surface area (Å²) in [5.41, 5.74) is -0.287. The predicted octanol–water partition coefficient (Wildman–Crippen LogP) is -0.522. The summed E-state index contributed by atoms with van der Waals surface area (Å²) in [7, 11) is 0. The molecule has 0 atom stereocenters. The van der Waals surface area contributed by atoms with Crippen molar-refractivity contribution in [2.45, 2.75) is 13.5 Å². The Morgan fingerprint density at radius 3 is 2.83 bits per heavy atom. The monoisotopic (exact) mass is 164 g/mol. The van der Waals surface area contributed by atoms with Crippen LogP contribution < -0.4 is 11.2 Å². The van der Waals surface area contributed by atoms with Crippen molar-refractivity contribution in [2.24, 2.45) is 0 Å². The Labute approximate surface area is 68.9 Å². The third kappa shape index (κ3) is 1.45. The van der Waals surface area contributed by atoms with E-state index in [0.717, 1.165) is 0 Å². The maximum Gasteiger partial charge on any atom is 0.329 e. The van der Waals surface area contributed by atoms with Gasteiger partial charge in [-0.15, -0.1) is 6.42 Å². The lowest BCUT2D eigenvalue weighted by atomic mass is 10.4. The van der Waals surface area contributed by atoms with Crippen LogP contribution in [0.2, 0.25) is 0 Å². The van der Waals surface area contributed by atoms with E-state index in [1.807, 2.05) is 0 Å². The summed E-state index contributed by atoms with van der Waals surface area (Å²) in [6.07, 6.45) is 5.03. The molecule has 4 heteroatoms. The van der Waals surface area contributed by atoms with Gasteiger partial charge in [0.1, 0.15) is 0 Å². The topological polar surface area (TPSA) is 54.9 Å². The van der Waals surface area contributed by atoms with Gasteiger partial charge < -0.3 is 0 Å². The largest absolute Gasteiger partial charge is 0.329 e. The highest BCUT2D eigenvalue weighted by molar-refractivity contribution is 5.01. The summed E-state index contributed by atoms with van der Waals surface area (Å²) in [4.78, 5) is 23.9. The van der Waals surface area contributed by atoms with E-state index >= 15 is 0 Å². The zero-order valence-electron chi connectivity index (χ0n) is 6.63. The number of aromatic amines is 1. The van der Waals surface area contributed by atoms with E-state index < -0.39 is 11.2 Å². The van der Waals surface area contributed by atoms with Crippen LogP contribution in [0.5, 0.6) is 0 Å². The molecule has 4 nitrogen and oxygen atoms in total. The number of terminal acetylenes is 1. The van der Waals surface area contributed by atoms with Gasteiger partial charge in [0.05, 0.1) is 6.54 Å². The van der Waals surface area contributed by atoms with Crippen molar-refractivity contribution in [1.82, 2.24) is 9.55 Å².